The average Bonchev–Trinajstić information content (AvgIpc) is 3.06. The fourth-order valence-corrected chi connectivity index (χ4v) is 3.25. The summed E-state index contributed by atoms with van der Waals surface area (Å²) in [6.07, 6.45) is 1.97. The zero-order valence-corrected chi connectivity index (χ0v) is 16.2. The van der Waals surface area contributed by atoms with Crippen molar-refractivity contribution in [1.82, 2.24) is 10.3 Å². The van der Waals surface area contributed by atoms with Crippen LogP contribution >= 0.6 is 0 Å². The van der Waals surface area contributed by atoms with Crippen LogP contribution < -0.4 is 10.1 Å². The fraction of sp³-hybridized carbons (Fsp3) is 0.273. The molecule has 146 valence electrons. The van der Waals surface area contributed by atoms with Crippen LogP contribution in [0.5, 0.6) is 5.75 Å². The highest BCUT2D eigenvalue weighted by Gasteiger charge is 2.22. The van der Waals surface area contributed by atoms with Gasteiger partial charge in [-0.15, -0.1) is 0 Å². The molecule has 3 N–H and O–H groups in total. The predicted octanol–water partition coefficient (Wildman–Crippen LogP) is 3.28. The van der Waals surface area contributed by atoms with Crippen LogP contribution in [0.1, 0.15) is 22.3 Å². The molecule has 1 aromatic heterocycles. The Morgan fingerprint density at radius 2 is 1.93 bits per heavy atom. The number of H-pyrrole nitrogens is 1. The number of aromatic amines is 1. The highest BCUT2D eigenvalue weighted by Crippen LogP contribution is 2.23. The molecule has 6 heteroatoms. The molecule has 0 aliphatic rings. The van der Waals surface area contributed by atoms with E-state index >= 15 is 0 Å². The Morgan fingerprint density at radius 3 is 2.68 bits per heavy atom. The Hall–Kier alpha value is -3.28. The minimum absolute atomic E-state index is 0.188. The number of aliphatic carboxylic acids is 1. The van der Waals surface area contributed by atoms with Crippen molar-refractivity contribution in [2.45, 2.75) is 33.2 Å². The maximum absolute atomic E-state index is 12.3. The maximum Gasteiger partial charge on any atom is 0.326 e. The smallest absolute Gasteiger partial charge is 0.326 e. The number of benzene rings is 2. The molecule has 3 aromatic rings. The number of aryl methyl sites for hydroxylation is 2. The first kappa shape index (κ1) is 19.5. The number of carboxylic acid groups (broad SMARTS) is 1. The quantitative estimate of drug-likeness (QED) is 0.587. The van der Waals surface area contributed by atoms with Gasteiger partial charge < -0.3 is 20.1 Å². The van der Waals surface area contributed by atoms with Gasteiger partial charge in [-0.25, -0.2) is 4.79 Å². The van der Waals surface area contributed by atoms with Gasteiger partial charge >= 0.3 is 5.97 Å². The second kappa shape index (κ2) is 8.17. The Labute approximate surface area is 163 Å². The number of rotatable bonds is 7. The summed E-state index contributed by atoms with van der Waals surface area (Å²) in [7, 11) is 0. The second-order valence-corrected chi connectivity index (χ2v) is 7.02. The first-order chi connectivity index (χ1) is 13.3. The molecule has 0 saturated heterocycles. The van der Waals surface area contributed by atoms with Crippen LogP contribution in [0.4, 0.5) is 0 Å². The SMILES string of the molecule is Cc1cc(C)c(C)c(OCC(=O)NC(Cc2c[nH]c3ccccc23)C(=O)O)c1. The summed E-state index contributed by atoms with van der Waals surface area (Å²) in [5.41, 5.74) is 4.86. The van der Waals surface area contributed by atoms with Crippen LogP contribution in [0.2, 0.25) is 0 Å². The minimum atomic E-state index is -1.08. The first-order valence-electron chi connectivity index (χ1n) is 9.13. The summed E-state index contributed by atoms with van der Waals surface area (Å²) in [6.45, 7) is 5.64. The van der Waals surface area contributed by atoms with Gasteiger partial charge in [-0.2, -0.15) is 0 Å². The maximum atomic E-state index is 12.3. The van der Waals surface area contributed by atoms with Crippen LogP contribution in [0, 0.1) is 20.8 Å². The van der Waals surface area contributed by atoms with Crippen molar-refractivity contribution >= 4 is 22.8 Å². The molecule has 3 rings (SSSR count). The van der Waals surface area contributed by atoms with Gasteiger partial charge in [0.2, 0.25) is 0 Å². The zero-order chi connectivity index (χ0) is 20.3. The average molecular weight is 380 g/mol. The summed E-state index contributed by atoms with van der Waals surface area (Å²) >= 11 is 0. The van der Waals surface area contributed by atoms with Crippen LogP contribution in [0.15, 0.2) is 42.6 Å². The van der Waals surface area contributed by atoms with E-state index in [1.807, 2.05) is 57.2 Å². The monoisotopic (exact) mass is 380 g/mol. The largest absolute Gasteiger partial charge is 0.483 e. The van der Waals surface area contributed by atoms with Gasteiger partial charge in [-0.1, -0.05) is 24.3 Å². The molecule has 1 unspecified atom stereocenters. The number of carbonyl (C=O) groups is 2. The lowest BCUT2D eigenvalue weighted by atomic mass is 10.0. The van der Waals surface area contributed by atoms with E-state index in [0.29, 0.717) is 5.75 Å². The molecule has 0 bridgehead atoms. The first-order valence-corrected chi connectivity index (χ1v) is 9.13. The van der Waals surface area contributed by atoms with Crippen molar-refractivity contribution in [3.8, 4) is 5.75 Å². The summed E-state index contributed by atoms with van der Waals surface area (Å²) in [5.74, 6) is -0.914. The summed E-state index contributed by atoms with van der Waals surface area (Å²) in [5, 5.41) is 13.0. The number of hydrogen-bond donors (Lipinski definition) is 3. The minimum Gasteiger partial charge on any atom is -0.483 e. The molecular formula is C22H24N2O4. The van der Waals surface area contributed by atoms with Crippen LogP contribution in [0.3, 0.4) is 0 Å². The number of ether oxygens (including phenoxy) is 1. The van der Waals surface area contributed by atoms with Gasteiger partial charge in [0.15, 0.2) is 6.61 Å². The number of carboxylic acids is 1. The van der Waals surface area contributed by atoms with Gasteiger partial charge in [-0.3, -0.25) is 4.79 Å². The molecule has 1 heterocycles. The molecule has 28 heavy (non-hydrogen) atoms. The van der Waals surface area contributed by atoms with Crippen molar-refractivity contribution in [3.05, 3.63) is 64.8 Å². The summed E-state index contributed by atoms with van der Waals surface area (Å²) < 4.78 is 5.64. The topological polar surface area (TPSA) is 91.4 Å². The number of nitrogens with one attached hydrogen (secondary N) is 2. The van der Waals surface area contributed by atoms with E-state index in [0.717, 1.165) is 33.2 Å². The number of amides is 1. The lowest BCUT2D eigenvalue weighted by Crippen LogP contribution is -2.44. The van der Waals surface area contributed by atoms with E-state index in [2.05, 4.69) is 10.3 Å². The molecule has 1 amide bonds. The highest BCUT2D eigenvalue weighted by molar-refractivity contribution is 5.87. The number of para-hydroxylation sites is 1. The lowest BCUT2D eigenvalue weighted by molar-refractivity contribution is -0.142. The second-order valence-electron chi connectivity index (χ2n) is 7.02. The number of carbonyl (C=O) groups excluding carboxylic acids is 1. The fourth-order valence-electron chi connectivity index (χ4n) is 3.25. The van der Waals surface area contributed by atoms with Crippen LogP contribution in [0.25, 0.3) is 10.9 Å². The van der Waals surface area contributed by atoms with Gasteiger partial charge in [-0.05, 0) is 55.2 Å². The third-order valence-electron chi connectivity index (χ3n) is 4.86. The van der Waals surface area contributed by atoms with Crippen molar-refractivity contribution in [2.24, 2.45) is 0 Å². The Balaban J connectivity index is 1.66. The van der Waals surface area contributed by atoms with E-state index in [9.17, 15) is 14.7 Å². The molecular weight excluding hydrogens is 356 g/mol. The van der Waals surface area contributed by atoms with Gasteiger partial charge in [0.05, 0.1) is 0 Å². The third-order valence-corrected chi connectivity index (χ3v) is 4.86. The number of hydrogen-bond acceptors (Lipinski definition) is 3. The van der Waals surface area contributed by atoms with Gasteiger partial charge in [0.1, 0.15) is 11.8 Å². The summed E-state index contributed by atoms with van der Waals surface area (Å²) in [4.78, 5) is 27.1. The van der Waals surface area contributed by atoms with Gasteiger partial charge in [0, 0.05) is 23.5 Å². The highest BCUT2D eigenvalue weighted by atomic mass is 16.5. The van der Waals surface area contributed by atoms with E-state index in [1.54, 1.807) is 6.20 Å². The normalized spacial score (nSPS) is 12.0. The molecule has 0 radical (unpaired) electrons. The van der Waals surface area contributed by atoms with Crippen molar-refractivity contribution in [1.29, 1.82) is 0 Å². The predicted molar refractivity (Wildman–Crippen MR) is 108 cm³/mol. The standard InChI is InChI=1S/C22H24N2O4/c1-13-8-14(2)15(3)20(9-13)28-12-21(25)24-19(22(26)27)10-16-11-23-18-7-5-4-6-17(16)18/h4-9,11,19,23H,10,12H2,1-3H3,(H,24,25)(H,26,27). The van der Waals surface area contributed by atoms with E-state index in [1.165, 1.54) is 0 Å². The number of aromatic nitrogens is 1. The Bertz CT molecular complexity index is 1020. The summed E-state index contributed by atoms with van der Waals surface area (Å²) in [6, 6.07) is 10.5. The molecule has 0 spiro atoms. The molecule has 0 fully saturated rings. The van der Waals surface area contributed by atoms with Crippen LogP contribution in [-0.4, -0.2) is 34.6 Å². The Morgan fingerprint density at radius 1 is 1.18 bits per heavy atom. The van der Waals surface area contributed by atoms with E-state index in [4.69, 9.17) is 4.74 Å². The van der Waals surface area contributed by atoms with E-state index in [-0.39, 0.29) is 13.0 Å². The Kier molecular flexibility index (Phi) is 5.68. The van der Waals surface area contributed by atoms with Gasteiger partial charge in [0.25, 0.3) is 5.91 Å². The van der Waals surface area contributed by atoms with Crippen molar-refractivity contribution < 1.29 is 19.4 Å². The number of fused-ring (bicyclic) bond motifs is 1. The van der Waals surface area contributed by atoms with Crippen LogP contribution in [-0.2, 0) is 16.0 Å². The third kappa shape index (κ3) is 4.34. The van der Waals surface area contributed by atoms with Crippen molar-refractivity contribution in [2.75, 3.05) is 6.61 Å². The van der Waals surface area contributed by atoms with E-state index < -0.39 is 17.9 Å². The lowest BCUT2D eigenvalue weighted by Gasteiger charge is -2.16. The molecule has 0 aliphatic heterocycles. The molecule has 0 saturated carbocycles. The molecule has 0 aliphatic carbocycles. The molecule has 1 atom stereocenters. The van der Waals surface area contributed by atoms with Crippen molar-refractivity contribution in [3.63, 3.8) is 0 Å². The molecule has 2 aromatic carbocycles. The zero-order valence-electron chi connectivity index (χ0n) is 16.2. The molecule has 6 nitrogen and oxygen atoms in total.